The van der Waals surface area contributed by atoms with Crippen LogP contribution in [0.4, 0.5) is 5.82 Å². The van der Waals surface area contributed by atoms with Crippen molar-refractivity contribution in [1.29, 1.82) is 0 Å². The highest BCUT2D eigenvalue weighted by Crippen LogP contribution is 2.30. The molecule has 0 aliphatic carbocycles. The number of nitrogens with one attached hydrogen (secondary N) is 1. The summed E-state index contributed by atoms with van der Waals surface area (Å²) >= 11 is 15.9. The summed E-state index contributed by atoms with van der Waals surface area (Å²) in [5, 5.41) is 9.17. The Bertz CT molecular complexity index is 1090. The lowest BCUT2D eigenvalue weighted by molar-refractivity contribution is 0.927. The molecule has 130 valence electrons. The Hall–Kier alpha value is -2.08. The molecule has 4 aromatic rings. The van der Waals surface area contributed by atoms with E-state index in [1.54, 1.807) is 10.7 Å². The number of hydrogen-bond donors (Lipinski definition) is 1. The van der Waals surface area contributed by atoms with E-state index >= 15 is 0 Å². The van der Waals surface area contributed by atoms with Gasteiger partial charge in [-0.1, -0.05) is 53.5 Å². The first-order chi connectivity index (χ1) is 12.6. The maximum Gasteiger partial charge on any atom is 0.172 e. The molecule has 0 saturated carbocycles. The van der Waals surface area contributed by atoms with E-state index in [4.69, 9.17) is 28.2 Å². The van der Waals surface area contributed by atoms with Gasteiger partial charge >= 0.3 is 0 Å². The molecule has 0 atom stereocenters. The lowest BCUT2D eigenvalue weighted by Gasteiger charge is -2.12. The Labute approximate surface area is 168 Å². The summed E-state index contributed by atoms with van der Waals surface area (Å²) in [5.74, 6) is 0.815. The molecule has 2 heterocycles. The first-order valence-corrected chi connectivity index (χ1v) is 9.44. The van der Waals surface area contributed by atoms with Gasteiger partial charge in [0.25, 0.3) is 0 Å². The van der Waals surface area contributed by atoms with E-state index in [-0.39, 0.29) is 0 Å². The second kappa shape index (κ2) is 7.27. The number of rotatable bonds is 4. The molecular formula is C19H13BrCl2N4. The third kappa shape index (κ3) is 3.43. The second-order valence-corrected chi connectivity index (χ2v) is 7.42. The number of aromatic nitrogens is 3. The van der Waals surface area contributed by atoms with Crippen molar-refractivity contribution in [2.75, 3.05) is 5.32 Å². The fourth-order valence-corrected chi connectivity index (χ4v) is 3.50. The van der Waals surface area contributed by atoms with Gasteiger partial charge < -0.3 is 5.32 Å². The topological polar surface area (TPSA) is 42.2 Å². The molecule has 26 heavy (non-hydrogen) atoms. The number of fused-ring (bicyclic) bond motifs is 1. The summed E-state index contributed by atoms with van der Waals surface area (Å²) in [4.78, 5) is 4.70. The van der Waals surface area contributed by atoms with Crippen LogP contribution in [0, 0.1) is 0 Å². The van der Waals surface area contributed by atoms with Gasteiger partial charge in [-0.05, 0) is 39.7 Å². The minimum Gasteiger partial charge on any atom is -0.366 e. The van der Waals surface area contributed by atoms with Gasteiger partial charge in [-0.2, -0.15) is 9.61 Å². The molecule has 0 unspecified atom stereocenters. The van der Waals surface area contributed by atoms with Crippen LogP contribution >= 0.6 is 39.1 Å². The molecule has 0 spiro atoms. The molecule has 4 rings (SSSR count). The van der Waals surface area contributed by atoms with Crippen molar-refractivity contribution in [2.24, 2.45) is 0 Å². The summed E-state index contributed by atoms with van der Waals surface area (Å²) < 4.78 is 2.58. The highest BCUT2D eigenvalue weighted by atomic mass is 79.9. The van der Waals surface area contributed by atoms with E-state index < -0.39 is 0 Å². The fraction of sp³-hybridized carbons (Fsp3) is 0.0526. The van der Waals surface area contributed by atoms with E-state index in [0.717, 1.165) is 32.8 Å². The quantitative estimate of drug-likeness (QED) is 0.412. The normalized spacial score (nSPS) is 11.0. The van der Waals surface area contributed by atoms with Gasteiger partial charge in [0.1, 0.15) is 5.82 Å². The molecule has 0 aliphatic rings. The third-order valence-electron chi connectivity index (χ3n) is 3.94. The molecule has 0 saturated heterocycles. The predicted octanol–water partition coefficient (Wildman–Crippen LogP) is 6.08. The Morgan fingerprint density at radius 1 is 1.04 bits per heavy atom. The molecular weight excluding hydrogens is 435 g/mol. The Morgan fingerprint density at radius 3 is 2.69 bits per heavy atom. The molecule has 4 nitrogen and oxygen atoms in total. The number of halogens is 3. The molecule has 0 fully saturated rings. The van der Waals surface area contributed by atoms with Crippen LogP contribution in [0.3, 0.4) is 0 Å². The van der Waals surface area contributed by atoms with Gasteiger partial charge in [-0.3, -0.25) is 0 Å². The molecule has 2 aromatic carbocycles. The summed E-state index contributed by atoms with van der Waals surface area (Å²) in [6, 6.07) is 17.3. The van der Waals surface area contributed by atoms with Gasteiger partial charge in [-0.15, -0.1) is 0 Å². The van der Waals surface area contributed by atoms with Gasteiger partial charge in [0.2, 0.25) is 0 Å². The van der Waals surface area contributed by atoms with Crippen LogP contribution in [0.1, 0.15) is 5.56 Å². The molecule has 0 bridgehead atoms. The van der Waals surface area contributed by atoms with Crippen LogP contribution in [-0.2, 0) is 6.54 Å². The van der Waals surface area contributed by atoms with Crippen LogP contribution in [0.25, 0.3) is 16.9 Å². The lowest BCUT2D eigenvalue weighted by Crippen LogP contribution is -2.06. The van der Waals surface area contributed by atoms with Crippen molar-refractivity contribution in [3.05, 3.63) is 80.9 Å². The van der Waals surface area contributed by atoms with Crippen LogP contribution < -0.4 is 5.32 Å². The largest absolute Gasteiger partial charge is 0.366 e. The van der Waals surface area contributed by atoms with Crippen molar-refractivity contribution in [1.82, 2.24) is 14.6 Å². The minimum absolute atomic E-state index is 0.610. The van der Waals surface area contributed by atoms with E-state index in [2.05, 4.69) is 26.3 Å². The molecule has 1 N–H and O–H groups in total. The lowest BCUT2D eigenvalue weighted by atomic mass is 10.1. The average Bonchev–Trinajstić information content (AvgIpc) is 3.01. The Balaban J connectivity index is 1.77. The Morgan fingerprint density at radius 2 is 1.88 bits per heavy atom. The van der Waals surface area contributed by atoms with E-state index in [9.17, 15) is 0 Å². The zero-order chi connectivity index (χ0) is 18.1. The summed E-state index contributed by atoms with van der Waals surface area (Å²) in [5.41, 5.74) is 3.44. The first kappa shape index (κ1) is 17.3. The number of hydrogen-bond acceptors (Lipinski definition) is 3. The third-order valence-corrected chi connectivity index (χ3v) is 5.07. The maximum absolute atomic E-state index is 6.36. The number of benzene rings is 2. The highest BCUT2D eigenvalue weighted by Gasteiger charge is 2.13. The minimum atomic E-state index is 0.610. The van der Waals surface area contributed by atoms with Gasteiger partial charge in [0.05, 0.1) is 16.4 Å². The van der Waals surface area contributed by atoms with Crippen LogP contribution in [0.5, 0.6) is 0 Å². The number of nitrogens with zero attached hydrogens (tertiary/aromatic N) is 3. The molecule has 7 heteroatoms. The van der Waals surface area contributed by atoms with Gasteiger partial charge in [-0.25, -0.2) is 4.98 Å². The van der Waals surface area contributed by atoms with Crippen LogP contribution in [0.15, 0.2) is 65.3 Å². The van der Waals surface area contributed by atoms with E-state index in [0.29, 0.717) is 16.6 Å². The Kier molecular flexibility index (Phi) is 4.85. The van der Waals surface area contributed by atoms with E-state index in [1.165, 1.54) is 0 Å². The predicted molar refractivity (Wildman–Crippen MR) is 110 cm³/mol. The van der Waals surface area contributed by atoms with Crippen molar-refractivity contribution < 1.29 is 0 Å². The van der Waals surface area contributed by atoms with Gasteiger partial charge in [0, 0.05) is 28.2 Å². The van der Waals surface area contributed by atoms with Crippen molar-refractivity contribution in [3.63, 3.8) is 0 Å². The van der Waals surface area contributed by atoms with Crippen molar-refractivity contribution in [2.45, 2.75) is 6.54 Å². The second-order valence-electron chi connectivity index (χ2n) is 5.72. The van der Waals surface area contributed by atoms with Gasteiger partial charge in [0.15, 0.2) is 5.65 Å². The van der Waals surface area contributed by atoms with Crippen LogP contribution in [0.2, 0.25) is 10.0 Å². The highest BCUT2D eigenvalue weighted by molar-refractivity contribution is 9.10. The zero-order valence-electron chi connectivity index (χ0n) is 13.5. The fourth-order valence-electron chi connectivity index (χ4n) is 2.71. The van der Waals surface area contributed by atoms with Crippen molar-refractivity contribution in [3.8, 4) is 11.3 Å². The standard InChI is InChI=1S/C19H13BrCl2N4/c20-15-11-24-26-18(23-10-12-4-3-5-13(21)8-12)9-17(25-19(15)26)14-6-1-2-7-16(14)22/h1-9,11,23H,10H2. The maximum atomic E-state index is 6.36. The SMILES string of the molecule is Clc1cccc(CNc2cc(-c3ccccc3Cl)nc3c(Br)cnn23)c1. The zero-order valence-corrected chi connectivity index (χ0v) is 16.6. The average molecular weight is 448 g/mol. The first-order valence-electron chi connectivity index (χ1n) is 7.89. The summed E-state index contributed by atoms with van der Waals surface area (Å²) in [7, 11) is 0. The summed E-state index contributed by atoms with van der Waals surface area (Å²) in [6.07, 6.45) is 1.73. The number of anilines is 1. The van der Waals surface area contributed by atoms with Crippen LogP contribution in [-0.4, -0.2) is 14.6 Å². The van der Waals surface area contributed by atoms with E-state index in [1.807, 2.05) is 54.6 Å². The van der Waals surface area contributed by atoms with Crippen molar-refractivity contribution >= 4 is 50.6 Å². The molecule has 2 aromatic heterocycles. The summed E-state index contributed by atoms with van der Waals surface area (Å²) in [6.45, 7) is 0.610. The molecule has 0 aliphatic heterocycles. The smallest absolute Gasteiger partial charge is 0.172 e. The molecule has 0 amide bonds. The molecule has 0 radical (unpaired) electrons. The monoisotopic (exact) mass is 446 g/mol.